The van der Waals surface area contributed by atoms with Crippen molar-refractivity contribution in [2.75, 3.05) is 0 Å². The Kier molecular flexibility index (Phi) is 4.91. The average molecular weight is 331 g/mol. The molecule has 5 nitrogen and oxygen atoms in total. The zero-order valence-electron chi connectivity index (χ0n) is 13.2. The van der Waals surface area contributed by atoms with E-state index in [9.17, 15) is 9.59 Å². The van der Waals surface area contributed by atoms with Crippen LogP contribution in [0.5, 0.6) is 0 Å². The summed E-state index contributed by atoms with van der Waals surface area (Å²) in [6.07, 6.45) is 6.01. The molecule has 1 aliphatic carbocycles. The second kappa shape index (κ2) is 7.08. The highest BCUT2D eigenvalue weighted by Crippen LogP contribution is 2.36. The van der Waals surface area contributed by atoms with Gasteiger partial charge in [-0.15, -0.1) is 11.3 Å². The Morgan fingerprint density at radius 2 is 2.13 bits per heavy atom. The molecular weight excluding hydrogens is 310 g/mol. The summed E-state index contributed by atoms with van der Waals surface area (Å²) in [4.78, 5) is 25.1. The first-order chi connectivity index (χ1) is 11.1. The van der Waals surface area contributed by atoms with Gasteiger partial charge >= 0.3 is 0 Å². The lowest BCUT2D eigenvalue weighted by atomic mass is 9.83. The normalized spacial score (nSPS) is 16.9. The molecule has 0 aromatic carbocycles. The second-order valence-electron chi connectivity index (χ2n) is 6.09. The van der Waals surface area contributed by atoms with Crippen LogP contribution < -0.4 is 5.32 Å². The van der Waals surface area contributed by atoms with Gasteiger partial charge in [-0.3, -0.25) is 14.7 Å². The number of amides is 1. The van der Waals surface area contributed by atoms with E-state index in [1.54, 1.807) is 11.3 Å². The minimum Gasteiger partial charge on any atom is -0.343 e. The lowest BCUT2D eigenvalue weighted by molar-refractivity contribution is 0.0908. The van der Waals surface area contributed by atoms with Crippen LogP contribution in [0.4, 0.5) is 0 Å². The van der Waals surface area contributed by atoms with Crippen molar-refractivity contribution in [1.29, 1.82) is 0 Å². The molecule has 2 aromatic rings. The van der Waals surface area contributed by atoms with Crippen molar-refractivity contribution in [3.8, 4) is 0 Å². The lowest BCUT2D eigenvalue weighted by Gasteiger charge is -2.30. The zero-order valence-corrected chi connectivity index (χ0v) is 14.0. The highest BCUT2D eigenvalue weighted by molar-refractivity contribution is 7.10. The molecule has 122 valence electrons. The van der Waals surface area contributed by atoms with E-state index in [4.69, 9.17) is 0 Å². The zero-order chi connectivity index (χ0) is 16.2. The number of H-pyrrole nitrogens is 1. The molecule has 1 aliphatic rings. The fraction of sp³-hybridized carbons (Fsp3) is 0.471. The molecule has 2 N–H and O–H groups in total. The molecule has 2 aromatic heterocycles. The van der Waals surface area contributed by atoms with Crippen LogP contribution in [0.15, 0.2) is 23.6 Å². The van der Waals surface area contributed by atoms with Crippen LogP contribution in [0.2, 0.25) is 0 Å². The van der Waals surface area contributed by atoms with Gasteiger partial charge in [-0.2, -0.15) is 5.10 Å². The van der Waals surface area contributed by atoms with Crippen LogP contribution in [0.3, 0.4) is 0 Å². The Balaban J connectivity index is 1.77. The van der Waals surface area contributed by atoms with Gasteiger partial charge in [0.15, 0.2) is 5.78 Å². The molecule has 6 heteroatoms. The number of aromatic nitrogens is 2. The minimum atomic E-state index is -0.200. The number of hydrogen-bond donors (Lipinski definition) is 2. The van der Waals surface area contributed by atoms with E-state index in [2.05, 4.69) is 21.6 Å². The van der Waals surface area contributed by atoms with Crippen molar-refractivity contribution in [1.82, 2.24) is 15.5 Å². The van der Waals surface area contributed by atoms with Crippen LogP contribution in [-0.2, 0) is 0 Å². The number of ketones is 1. The standard InChI is InChI=1S/C17H21N3O2S/c1-11(21)13-10-14(20-19-13)17(22)18-16(15-8-5-9-23-15)12-6-3-2-4-7-12/h5,8-10,12,16H,2-4,6-7H2,1H3,(H,18,22)(H,19,20). The number of rotatable bonds is 5. The van der Waals surface area contributed by atoms with Gasteiger partial charge < -0.3 is 5.32 Å². The molecule has 0 aliphatic heterocycles. The summed E-state index contributed by atoms with van der Waals surface area (Å²) in [6.45, 7) is 1.44. The van der Waals surface area contributed by atoms with Gasteiger partial charge in [0, 0.05) is 11.8 Å². The van der Waals surface area contributed by atoms with Crippen molar-refractivity contribution < 1.29 is 9.59 Å². The maximum absolute atomic E-state index is 12.5. The summed E-state index contributed by atoms with van der Waals surface area (Å²) >= 11 is 1.68. The Bertz CT molecular complexity index is 672. The van der Waals surface area contributed by atoms with Gasteiger partial charge in [-0.25, -0.2) is 0 Å². The van der Waals surface area contributed by atoms with Crippen molar-refractivity contribution in [2.45, 2.75) is 45.1 Å². The van der Waals surface area contributed by atoms with Crippen LogP contribution in [0, 0.1) is 5.92 Å². The summed E-state index contributed by atoms with van der Waals surface area (Å²) in [5, 5.41) is 11.7. The molecule has 1 unspecified atom stereocenters. The van der Waals surface area contributed by atoms with E-state index in [1.165, 1.54) is 37.1 Å². The number of aromatic amines is 1. The lowest BCUT2D eigenvalue weighted by Crippen LogP contribution is -2.34. The Hall–Kier alpha value is -1.95. The van der Waals surface area contributed by atoms with E-state index >= 15 is 0 Å². The molecule has 3 rings (SSSR count). The third kappa shape index (κ3) is 3.69. The van der Waals surface area contributed by atoms with Gasteiger partial charge in [-0.05, 0) is 36.3 Å². The van der Waals surface area contributed by atoms with Crippen LogP contribution in [-0.4, -0.2) is 21.9 Å². The molecule has 1 amide bonds. The van der Waals surface area contributed by atoms with E-state index in [0.717, 1.165) is 12.8 Å². The number of hydrogen-bond acceptors (Lipinski definition) is 4. The molecule has 2 heterocycles. The SMILES string of the molecule is CC(=O)c1cc(C(=O)NC(c2cccs2)C2CCCCC2)[nH]n1. The summed E-state index contributed by atoms with van der Waals surface area (Å²) < 4.78 is 0. The third-order valence-corrected chi connectivity index (χ3v) is 5.40. The number of carbonyl (C=O) groups excluding carboxylic acids is 2. The highest BCUT2D eigenvalue weighted by atomic mass is 32.1. The second-order valence-corrected chi connectivity index (χ2v) is 7.07. The van der Waals surface area contributed by atoms with Crippen LogP contribution in [0.1, 0.15) is 70.9 Å². The predicted octanol–water partition coefficient (Wildman–Crippen LogP) is 3.73. The Morgan fingerprint density at radius 1 is 1.35 bits per heavy atom. The third-order valence-electron chi connectivity index (χ3n) is 4.44. The monoisotopic (exact) mass is 331 g/mol. The molecule has 1 saturated carbocycles. The fourth-order valence-corrected chi connectivity index (χ4v) is 4.06. The summed E-state index contributed by atoms with van der Waals surface area (Å²) in [7, 11) is 0. The van der Waals surface area contributed by atoms with E-state index in [1.807, 2.05) is 11.4 Å². The molecule has 0 bridgehead atoms. The number of nitrogens with one attached hydrogen (secondary N) is 2. The molecule has 23 heavy (non-hydrogen) atoms. The Morgan fingerprint density at radius 3 is 2.74 bits per heavy atom. The largest absolute Gasteiger partial charge is 0.343 e. The van der Waals surface area contributed by atoms with E-state index in [-0.39, 0.29) is 17.7 Å². The number of carbonyl (C=O) groups is 2. The molecule has 0 radical (unpaired) electrons. The predicted molar refractivity (Wildman–Crippen MR) is 89.7 cm³/mol. The van der Waals surface area contributed by atoms with Crippen molar-refractivity contribution in [2.24, 2.45) is 5.92 Å². The van der Waals surface area contributed by atoms with Gasteiger partial charge in [0.1, 0.15) is 11.4 Å². The Labute approximate surface area is 139 Å². The first-order valence-corrected chi connectivity index (χ1v) is 8.93. The summed E-state index contributed by atoms with van der Waals surface area (Å²) in [5.74, 6) is 0.123. The van der Waals surface area contributed by atoms with E-state index < -0.39 is 0 Å². The average Bonchev–Trinajstić information content (AvgIpc) is 3.24. The molecule has 1 atom stereocenters. The maximum Gasteiger partial charge on any atom is 0.269 e. The number of Topliss-reactive ketones (excluding diaryl/α,β-unsaturated/α-hetero) is 1. The molecule has 0 spiro atoms. The highest BCUT2D eigenvalue weighted by Gasteiger charge is 2.28. The molecule has 1 fully saturated rings. The smallest absolute Gasteiger partial charge is 0.269 e. The topological polar surface area (TPSA) is 74.8 Å². The quantitative estimate of drug-likeness (QED) is 0.820. The minimum absolute atomic E-state index is 0.0341. The van der Waals surface area contributed by atoms with Gasteiger partial charge in [0.05, 0.1) is 6.04 Å². The molecule has 0 saturated heterocycles. The fourth-order valence-electron chi connectivity index (χ4n) is 3.19. The van der Waals surface area contributed by atoms with Gasteiger partial charge in [-0.1, -0.05) is 25.3 Å². The van der Waals surface area contributed by atoms with Crippen molar-refractivity contribution in [3.05, 3.63) is 39.8 Å². The van der Waals surface area contributed by atoms with E-state index in [0.29, 0.717) is 17.3 Å². The summed E-state index contributed by atoms with van der Waals surface area (Å²) in [6, 6.07) is 5.65. The number of thiophene rings is 1. The first-order valence-electron chi connectivity index (χ1n) is 8.06. The van der Waals surface area contributed by atoms with Gasteiger partial charge in [0.2, 0.25) is 0 Å². The maximum atomic E-state index is 12.5. The van der Waals surface area contributed by atoms with Crippen LogP contribution >= 0.6 is 11.3 Å². The van der Waals surface area contributed by atoms with Crippen LogP contribution in [0.25, 0.3) is 0 Å². The summed E-state index contributed by atoms with van der Waals surface area (Å²) in [5.41, 5.74) is 0.632. The van der Waals surface area contributed by atoms with Crippen molar-refractivity contribution >= 4 is 23.0 Å². The number of nitrogens with zero attached hydrogens (tertiary/aromatic N) is 1. The first kappa shape index (κ1) is 15.9. The van der Waals surface area contributed by atoms with Crippen molar-refractivity contribution in [3.63, 3.8) is 0 Å². The molecular formula is C17H21N3O2S. The van der Waals surface area contributed by atoms with Gasteiger partial charge in [0.25, 0.3) is 5.91 Å².